The normalized spacial score (nSPS) is 24.2. The maximum absolute atomic E-state index is 13.0. The minimum atomic E-state index is -0.372. The van der Waals surface area contributed by atoms with Gasteiger partial charge in [0.1, 0.15) is 0 Å². The molecule has 2 unspecified atom stereocenters. The summed E-state index contributed by atoms with van der Waals surface area (Å²) < 4.78 is 5.45. The Morgan fingerprint density at radius 3 is 2.48 bits per heavy atom. The number of piperazine rings is 1. The molecule has 1 aromatic carbocycles. The predicted molar refractivity (Wildman–Crippen MR) is 125 cm³/mol. The first-order chi connectivity index (χ1) is 13.9. The Bertz CT molecular complexity index is 848. The molecule has 1 aromatic heterocycles. The predicted octanol–water partition coefficient (Wildman–Crippen LogP) is 3.44. The van der Waals surface area contributed by atoms with Gasteiger partial charge in [0, 0.05) is 37.3 Å². The number of aromatic nitrogens is 2. The third-order valence-corrected chi connectivity index (χ3v) is 6.37. The lowest BCUT2D eigenvalue weighted by molar-refractivity contribution is -0.140. The molecule has 0 spiro atoms. The molecule has 2 N–H and O–H groups in total. The average Bonchev–Trinajstić information content (AvgIpc) is 3.17. The summed E-state index contributed by atoms with van der Waals surface area (Å²) in [5.41, 5.74) is 8.22. The van der Waals surface area contributed by atoms with Crippen molar-refractivity contribution < 1.29 is 9.32 Å². The van der Waals surface area contributed by atoms with Gasteiger partial charge in [-0.1, -0.05) is 47.8 Å². The van der Waals surface area contributed by atoms with Gasteiger partial charge in [-0.25, -0.2) is 0 Å². The molecule has 2 atom stereocenters. The molecule has 0 bridgehead atoms. The van der Waals surface area contributed by atoms with Gasteiger partial charge in [-0.05, 0) is 26.7 Å². The lowest BCUT2D eigenvalue weighted by Crippen LogP contribution is -2.57. The Balaban J connectivity index is 0.00000171. The Labute approximate surface area is 196 Å². The van der Waals surface area contributed by atoms with Crippen molar-refractivity contribution >= 4 is 30.7 Å². The van der Waals surface area contributed by atoms with Gasteiger partial charge in [-0.15, -0.1) is 24.8 Å². The van der Waals surface area contributed by atoms with Crippen molar-refractivity contribution in [2.75, 3.05) is 26.2 Å². The van der Waals surface area contributed by atoms with E-state index in [1.807, 2.05) is 36.1 Å². The fourth-order valence-electron chi connectivity index (χ4n) is 4.44. The smallest absolute Gasteiger partial charge is 0.241 e. The Morgan fingerprint density at radius 1 is 1.16 bits per heavy atom. The summed E-state index contributed by atoms with van der Waals surface area (Å²) in [5, 5.41) is 4.11. The van der Waals surface area contributed by atoms with Crippen LogP contribution in [0, 0.1) is 12.8 Å². The van der Waals surface area contributed by atoms with Gasteiger partial charge in [0.05, 0.1) is 12.5 Å². The summed E-state index contributed by atoms with van der Waals surface area (Å²) in [6, 6.07) is 8.09. The van der Waals surface area contributed by atoms with Crippen LogP contribution in [0.2, 0.25) is 0 Å². The van der Waals surface area contributed by atoms with E-state index in [1.54, 1.807) is 0 Å². The van der Waals surface area contributed by atoms with Gasteiger partial charge in [0.2, 0.25) is 17.6 Å². The number of benzene rings is 1. The van der Waals surface area contributed by atoms with E-state index in [-0.39, 0.29) is 42.2 Å². The van der Waals surface area contributed by atoms with Crippen molar-refractivity contribution in [3.63, 3.8) is 0 Å². The van der Waals surface area contributed by atoms with Crippen LogP contribution in [0.4, 0.5) is 0 Å². The lowest BCUT2D eigenvalue weighted by atomic mass is 9.74. The molecule has 0 radical (unpaired) electrons. The molecule has 9 heteroatoms. The first kappa shape index (κ1) is 25.6. The molecule has 2 heterocycles. The number of hydrogen-bond acceptors (Lipinski definition) is 6. The second kappa shape index (κ2) is 10.8. The second-order valence-electron chi connectivity index (χ2n) is 8.78. The van der Waals surface area contributed by atoms with Crippen LogP contribution in [0.1, 0.15) is 44.1 Å². The standard InChI is InChI=1S/C22H31N5O2.2ClH/c1-16-6-8-17(9-7-16)20-24-19(29-25-20)15-26-11-13-27(14-12-26)21(28)18-5-3-4-10-22(18,2)23;;/h6-9,18H,3-5,10-15,23H2,1-2H3;2*1H. The maximum atomic E-state index is 13.0. The molecule has 2 aliphatic rings. The molecule has 7 nitrogen and oxygen atoms in total. The maximum Gasteiger partial charge on any atom is 0.241 e. The molecule has 31 heavy (non-hydrogen) atoms. The highest BCUT2D eigenvalue weighted by molar-refractivity contribution is 5.85. The summed E-state index contributed by atoms with van der Waals surface area (Å²) >= 11 is 0. The summed E-state index contributed by atoms with van der Waals surface area (Å²) in [7, 11) is 0. The van der Waals surface area contributed by atoms with Crippen LogP contribution < -0.4 is 5.73 Å². The zero-order valence-corrected chi connectivity index (χ0v) is 19.9. The van der Waals surface area contributed by atoms with E-state index in [0.29, 0.717) is 18.3 Å². The number of amides is 1. The van der Waals surface area contributed by atoms with Gasteiger partial charge >= 0.3 is 0 Å². The monoisotopic (exact) mass is 469 g/mol. The van der Waals surface area contributed by atoms with E-state index in [9.17, 15) is 4.79 Å². The number of carbonyl (C=O) groups is 1. The van der Waals surface area contributed by atoms with Crippen LogP contribution in [-0.4, -0.2) is 57.6 Å². The zero-order valence-electron chi connectivity index (χ0n) is 18.2. The molecule has 4 rings (SSSR count). The van der Waals surface area contributed by atoms with Crippen molar-refractivity contribution in [1.82, 2.24) is 19.9 Å². The molecular weight excluding hydrogens is 437 g/mol. The molecule has 2 aromatic rings. The summed E-state index contributed by atoms with van der Waals surface area (Å²) in [5.74, 6) is 1.42. The molecule has 172 valence electrons. The summed E-state index contributed by atoms with van der Waals surface area (Å²) in [4.78, 5) is 21.8. The fraction of sp³-hybridized carbons (Fsp3) is 0.591. The molecule has 1 saturated heterocycles. The number of nitrogens with two attached hydrogens (primary N) is 1. The quantitative estimate of drug-likeness (QED) is 0.737. The molecular formula is C22H33Cl2N5O2. The minimum Gasteiger partial charge on any atom is -0.340 e. The van der Waals surface area contributed by atoms with Crippen molar-refractivity contribution in [2.24, 2.45) is 11.7 Å². The van der Waals surface area contributed by atoms with Crippen LogP contribution in [0.5, 0.6) is 0 Å². The summed E-state index contributed by atoms with van der Waals surface area (Å²) in [6.07, 6.45) is 4.07. The Hall–Kier alpha value is -1.67. The van der Waals surface area contributed by atoms with Crippen LogP contribution in [-0.2, 0) is 11.3 Å². The highest BCUT2D eigenvalue weighted by Crippen LogP contribution is 2.33. The molecule has 2 fully saturated rings. The largest absolute Gasteiger partial charge is 0.340 e. The van der Waals surface area contributed by atoms with E-state index in [2.05, 4.69) is 22.0 Å². The number of rotatable bonds is 4. The van der Waals surface area contributed by atoms with Crippen molar-refractivity contribution in [1.29, 1.82) is 0 Å². The van der Waals surface area contributed by atoms with E-state index < -0.39 is 0 Å². The first-order valence-electron chi connectivity index (χ1n) is 10.6. The van der Waals surface area contributed by atoms with Crippen LogP contribution in [0.3, 0.4) is 0 Å². The van der Waals surface area contributed by atoms with Gasteiger partial charge in [-0.2, -0.15) is 4.98 Å². The van der Waals surface area contributed by atoms with E-state index in [0.717, 1.165) is 57.4 Å². The summed E-state index contributed by atoms with van der Waals surface area (Å²) in [6.45, 7) is 7.77. The molecule has 1 aliphatic carbocycles. The van der Waals surface area contributed by atoms with Gasteiger partial charge in [0.25, 0.3) is 0 Å². The van der Waals surface area contributed by atoms with Crippen LogP contribution in [0.25, 0.3) is 11.4 Å². The first-order valence-corrected chi connectivity index (χ1v) is 10.6. The molecule has 1 amide bonds. The third kappa shape index (κ3) is 5.98. The number of halogens is 2. The SMILES string of the molecule is Cc1ccc(-c2noc(CN3CCN(C(=O)C4CCCCC4(C)N)CC3)n2)cc1.Cl.Cl. The highest BCUT2D eigenvalue weighted by atomic mass is 35.5. The average molecular weight is 470 g/mol. The Morgan fingerprint density at radius 2 is 1.84 bits per heavy atom. The zero-order chi connectivity index (χ0) is 20.4. The van der Waals surface area contributed by atoms with Crippen LogP contribution in [0.15, 0.2) is 28.8 Å². The van der Waals surface area contributed by atoms with Crippen LogP contribution >= 0.6 is 24.8 Å². The lowest BCUT2D eigenvalue weighted by Gasteiger charge is -2.42. The van der Waals surface area contributed by atoms with Crippen molar-refractivity contribution in [3.05, 3.63) is 35.7 Å². The van der Waals surface area contributed by atoms with E-state index in [4.69, 9.17) is 10.3 Å². The fourth-order valence-corrected chi connectivity index (χ4v) is 4.44. The number of aryl methyl sites for hydroxylation is 1. The Kier molecular flexibility index (Phi) is 8.89. The van der Waals surface area contributed by atoms with Gasteiger partial charge < -0.3 is 15.2 Å². The highest BCUT2D eigenvalue weighted by Gasteiger charge is 2.40. The van der Waals surface area contributed by atoms with Gasteiger partial charge in [-0.3, -0.25) is 9.69 Å². The number of carbonyl (C=O) groups excluding carboxylic acids is 1. The van der Waals surface area contributed by atoms with Gasteiger partial charge in [0.15, 0.2) is 0 Å². The minimum absolute atomic E-state index is 0. The molecule has 1 aliphatic heterocycles. The second-order valence-corrected chi connectivity index (χ2v) is 8.78. The number of nitrogens with zero attached hydrogens (tertiary/aromatic N) is 4. The third-order valence-electron chi connectivity index (χ3n) is 6.37. The van der Waals surface area contributed by atoms with E-state index >= 15 is 0 Å². The molecule has 1 saturated carbocycles. The van der Waals surface area contributed by atoms with Crippen molar-refractivity contribution in [2.45, 2.75) is 51.6 Å². The number of hydrogen-bond donors (Lipinski definition) is 1. The topological polar surface area (TPSA) is 88.5 Å². The van der Waals surface area contributed by atoms with E-state index in [1.165, 1.54) is 5.56 Å². The van der Waals surface area contributed by atoms with Crippen molar-refractivity contribution in [3.8, 4) is 11.4 Å².